The Morgan fingerprint density at radius 2 is 1.59 bits per heavy atom. The highest BCUT2D eigenvalue weighted by atomic mass is 14.2. The van der Waals surface area contributed by atoms with Crippen LogP contribution in [0.3, 0.4) is 0 Å². The molecule has 0 N–H and O–H groups in total. The molecule has 1 aromatic rings. The zero-order chi connectivity index (χ0) is 13.8. The average molecular weight is 233 g/mol. The maximum absolute atomic E-state index is 8.81. The molecule has 0 saturated heterocycles. The normalized spacial score (nSPS) is 8.41. The van der Waals surface area contributed by atoms with Crippen LogP contribution in [0.15, 0.2) is 18.2 Å². The fourth-order valence-electron chi connectivity index (χ4n) is 1.32. The lowest BCUT2D eigenvalue weighted by Gasteiger charge is -2.07. The molecule has 0 unspecified atom stereocenters. The highest BCUT2D eigenvalue weighted by molar-refractivity contribution is 5.38. The van der Waals surface area contributed by atoms with Gasteiger partial charge in [0.25, 0.3) is 0 Å². The molecule has 0 aliphatic rings. The maximum Gasteiger partial charge on any atom is 0.0991 e. The van der Waals surface area contributed by atoms with Crippen molar-refractivity contribution in [1.29, 1.82) is 5.26 Å². The molecule has 0 spiro atoms. The minimum atomic E-state index is 0.499. The lowest BCUT2D eigenvalue weighted by Crippen LogP contribution is -1.92. The topological polar surface area (TPSA) is 23.8 Å². The van der Waals surface area contributed by atoms with E-state index in [4.69, 9.17) is 5.26 Å². The van der Waals surface area contributed by atoms with Crippen LogP contribution in [-0.2, 0) is 6.42 Å². The van der Waals surface area contributed by atoms with Gasteiger partial charge in [-0.05, 0) is 35.6 Å². The van der Waals surface area contributed by atoms with Gasteiger partial charge in [-0.1, -0.05) is 54.5 Å². The van der Waals surface area contributed by atoms with E-state index >= 15 is 0 Å². The molecule has 0 saturated carbocycles. The Bertz CT molecular complexity index is 332. The lowest BCUT2D eigenvalue weighted by atomic mass is 9.97. The molecule has 0 bridgehead atoms. The second-order valence-corrected chi connectivity index (χ2v) is 3.58. The molecule has 1 rings (SSSR count). The Morgan fingerprint density at radius 3 is 1.94 bits per heavy atom. The van der Waals surface area contributed by atoms with Crippen molar-refractivity contribution in [3.63, 3.8) is 0 Å². The van der Waals surface area contributed by atoms with E-state index < -0.39 is 0 Å². The van der Waals surface area contributed by atoms with Crippen molar-refractivity contribution in [3.8, 4) is 6.07 Å². The molecule has 17 heavy (non-hydrogen) atoms. The predicted octanol–water partition coefficient (Wildman–Crippen LogP) is 5.30. The van der Waals surface area contributed by atoms with Gasteiger partial charge in [0, 0.05) is 0 Å². The largest absolute Gasteiger partial charge is 0.192 e. The Kier molecular flexibility index (Phi) is 11.9. The predicted molar refractivity (Wildman–Crippen MR) is 77.3 cm³/mol. The Hall–Kier alpha value is -1.29. The Balaban J connectivity index is 0. The second kappa shape index (κ2) is 11.2. The number of nitriles is 1. The van der Waals surface area contributed by atoms with Gasteiger partial charge in [-0.15, -0.1) is 0 Å². The van der Waals surface area contributed by atoms with Crippen molar-refractivity contribution in [1.82, 2.24) is 0 Å². The first-order valence-corrected chi connectivity index (χ1v) is 6.71. The maximum atomic E-state index is 8.81. The van der Waals surface area contributed by atoms with Gasteiger partial charge in [-0.25, -0.2) is 0 Å². The zero-order valence-corrected chi connectivity index (χ0v) is 12.5. The fourth-order valence-corrected chi connectivity index (χ4v) is 1.32. The van der Waals surface area contributed by atoms with Crippen molar-refractivity contribution in [3.05, 3.63) is 34.9 Å². The van der Waals surface area contributed by atoms with E-state index in [-0.39, 0.29) is 0 Å². The SMILES string of the molecule is CC.CC.CCc1cc(C#N)cc(C(C)C)c1. The fraction of sp³-hybridized carbons (Fsp3) is 0.562. The first kappa shape index (κ1) is 18.1. The van der Waals surface area contributed by atoms with E-state index in [0.717, 1.165) is 12.0 Å². The van der Waals surface area contributed by atoms with Crippen LogP contribution in [0.5, 0.6) is 0 Å². The summed E-state index contributed by atoms with van der Waals surface area (Å²) in [6.07, 6.45) is 0.995. The van der Waals surface area contributed by atoms with Crippen molar-refractivity contribution in [2.75, 3.05) is 0 Å². The molecule has 1 aromatic carbocycles. The van der Waals surface area contributed by atoms with Crippen LogP contribution in [0.1, 0.15) is 71.1 Å². The minimum absolute atomic E-state index is 0.499. The summed E-state index contributed by atoms with van der Waals surface area (Å²) >= 11 is 0. The summed E-state index contributed by atoms with van der Waals surface area (Å²) in [4.78, 5) is 0. The lowest BCUT2D eigenvalue weighted by molar-refractivity contribution is 0.861. The van der Waals surface area contributed by atoms with Crippen molar-refractivity contribution in [2.45, 2.75) is 60.8 Å². The molecule has 1 nitrogen and oxygen atoms in total. The minimum Gasteiger partial charge on any atom is -0.192 e. The summed E-state index contributed by atoms with van der Waals surface area (Å²) in [6.45, 7) is 14.4. The standard InChI is InChI=1S/C12H15N.2C2H6/c1-4-10-5-11(8-13)7-12(6-10)9(2)3;2*1-2/h5-7,9H,4H2,1-3H3;2*1-2H3. The monoisotopic (exact) mass is 233 g/mol. The van der Waals surface area contributed by atoms with Gasteiger partial charge in [0.2, 0.25) is 0 Å². The van der Waals surface area contributed by atoms with Gasteiger partial charge in [0.15, 0.2) is 0 Å². The number of hydrogen-bond donors (Lipinski definition) is 0. The third kappa shape index (κ3) is 6.79. The number of aryl methyl sites for hydroxylation is 1. The molecule has 0 aliphatic heterocycles. The Morgan fingerprint density at radius 1 is 1.06 bits per heavy atom. The first-order chi connectivity index (χ1) is 8.17. The van der Waals surface area contributed by atoms with E-state index in [1.807, 2.05) is 39.8 Å². The molecule has 0 heterocycles. The number of nitrogens with zero attached hydrogens (tertiary/aromatic N) is 1. The van der Waals surface area contributed by atoms with Crippen molar-refractivity contribution in [2.24, 2.45) is 0 Å². The summed E-state index contributed by atoms with van der Waals surface area (Å²) in [7, 11) is 0. The van der Waals surface area contributed by atoms with E-state index in [1.54, 1.807) is 0 Å². The molecule has 0 amide bonds. The van der Waals surface area contributed by atoms with Crippen LogP contribution in [0.25, 0.3) is 0 Å². The third-order valence-corrected chi connectivity index (χ3v) is 2.22. The van der Waals surface area contributed by atoms with Gasteiger partial charge in [-0.3, -0.25) is 0 Å². The summed E-state index contributed by atoms with van der Waals surface area (Å²) in [5.74, 6) is 0.499. The molecule has 96 valence electrons. The number of benzene rings is 1. The van der Waals surface area contributed by atoms with E-state index in [2.05, 4.69) is 32.9 Å². The van der Waals surface area contributed by atoms with E-state index in [9.17, 15) is 0 Å². The van der Waals surface area contributed by atoms with Gasteiger partial charge >= 0.3 is 0 Å². The Labute approximate surface area is 107 Å². The van der Waals surface area contributed by atoms with Gasteiger partial charge in [0.05, 0.1) is 11.6 Å². The highest BCUT2D eigenvalue weighted by Gasteiger charge is 2.02. The molecule has 0 radical (unpaired) electrons. The molecule has 1 heteroatoms. The van der Waals surface area contributed by atoms with Gasteiger partial charge in [0.1, 0.15) is 0 Å². The first-order valence-electron chi connectivity index (χ1n) is 6.71. The van der Waals surface area contributed by atoms with Crippen LogP contribution in [0.2, 0.25) is 0 Å². The van der Waals surface area contributed by atoms with Gasteiger partial charge in [-0.2, -0.15) is 5.26 Å². The van der Waals surface area contributed by atoms with Crippen molar-refractivity contribution >= 4 is 0 Å². The molecule has 0 fully saturated rings. The van der Waals surface area contributed by atoms with Crippen LogP contribution in [0.4, 0.5) is 0 Å². The van der Waals surface area contributed by atoms with Gasteiger partial charge < -0.3 is 0 Å². The van der Waals surface area contributed by atoms with Crippen LogP contribution < -0.4 is 0 Å². The molecule has 0 atom stereocenters. The summed E-state index contributed by atoms with van der Waals surface area (Å²) in [5, 5.41) is 8.81. The second-order valence-electron chi connectivity index (χ2n) is 3.58. The number of rotatable bonds is 2. The van der Waals surface area contributed by atoms with E-state index in [0.29, 0.717) is 5.92 Å². The third-order valence-electron chi connectivity index (χ3n) is 2.22. The highest BCUT2D eigenvalue weighted by Crippen LogP contribution is 2.18. The van der Waals surface area contributed by atoms with Crippen LogP contribution in [-0.4, -0.2) is 0 Å². The summed E-state index contributed by atoms with van der Waals surface area (Å²) < 4.78 is 0. The molecular weight excluding hydrogens is 206 g/mol. The summed E-state index contributed by atoms with van der Waals surface area (Å²) in [6, 6.07) is 8.32. The quantitative estimate of drug-likeness (QED) is 0.680. The van der Waals surface area contributed by atoms with Crippen molar-refractivity contribution < 1.29 is 0 Å². The van der Waals surface area contributed by atoms with Crippen LogP contribution in [0, 0.1) is 11.3 Å². The van der Waals surface area contributed by atoms with Crippen LogP contribution >= 0.6 is 0 Å². The molecule has 0 aromatic heterocycles. The molecule has 0 aliphatic carbocycles. The summed E-state index contributed by atoms with van der Waals surface area (Å²) in [5.41, 5.74) is 3.29. The average Bonchev–Trinajstić information content (AvgIpc) is 2.42. The number of hydrogen-bond acceptors (Lipinski definition) is 1. The van der Waals surface area contributed by atoms with E-state index in [1.165, 1.54) is 11.1 Å². The molecular formula is C16H27N. The smallest absolute Gasteiger partial charge is 0.0991 e. The zero-order valence-electron chi connectivity index (χ0n) is 12.5.